The van der Waals surface area contributed by atoms with Gasteiger partial charge in [0.1, 0.15) is 12.6 Å². The molecule has 214 valence electrons. The molecule has 7 nitrogen and oxygen atoms in total. The number of nitrogens with one attached hydrogen (secondary N) is 1. The molecule has 2 amide bonds. The van der Waals surface area contributed by atoms with Crippen LogP contribution in [0.3, 0.4) is 0 Å². The molecule has 0 aliphatic carbocycles. The minimum absolute atomic E-state index is 0.0489. The van der Waals surface area contributed by atoms with Crippen LogP contribution in [0.5, 0.6) is 0 Å². The highest BCUT2D eigenvalue weighted by Crippen LogP contribution is 2.28. The first kappa shape index (κ1) is 31.2. The molecule has 40 heavy (non-hydrogen) atoms. The molecular weight excluding hydrogens is 546 g/mol. The lowest BCUT2D eigenvalue weighted by molar-refractivity contribution is -0.140. The molecule has 0 spiro atoms. The fourth-order valence-electron chi connectivity index (χ4n) is 4.33. The molecule has 0 radical (unpaired) electrons. The lowest BCUT2D eigenvalue weighted by atomic mass is 10.1. The third-order valence-electron chi connectivity index (χ3n) is 6.42. The second kappa shape index (κ2) is 13.3. The lowest BCUT2D eigenvalue weighted by Gasteiger charge is -2.34. The zero-order valence-electron chi connectivity index (χ0n) is 23.7. The molecule has 3 aromatic carbocycles. The summed E-state index contributed by atoms with van der Waals surface area (Å²) in [4.78, 5) is 29.0. The number of halogens is 1. The van der Waals surface area contributed by atoms with E-state index in [4.69, 9.17) is 11.6 Å². The molecule has 3 rings (SSSR count). The third-order valence-corrected chi connectivity index (χ3v) is 8.62. The van der Waals surface area contributed by atoms with Crippen molar-refractivity contribution >= 4 is 39.1 Å². The van der Waals surface area contributed by atoms with Crippen LogP contribution in [0, 0.1) is 6.92 Å². The van der Waals surface area contributed by atoms with E-state index < -0.39 is 34.1 Å². The molecule has 0 fully saturated rings. The Hall–Kier alpha value is -3.36. The number of sulfonamides is 1. The molecule has 0 heterocycles. The van der Waals surface area contributed by atoms with Gasteiger partial charge < -0.3 is 10.2 Å². The molecule has 0 unspecified atom stereocenters. The number of amides is 2. The summed E-state index contributed by atoms with van der Waals surface area (Å²) < 4.78 is 28.8. The van der Waals surface area contributed by atoms with Crippen molar-refractivity contribution < 1.29 is 18.0 Å². The Balaban J connectivity index is 2.03. The summed E-state index contributed by atoms with van der Waals surface area (Å²) >= 11 is 6.38. The van der Waals surface area contributed by atoms with E-state index in [0.29, 0.717) is 17.9 Å². The number of rotatable bonds is 11. The summed E-state index contributed by atoms with van der Waals surface area (Å²) in [6.45, 7) is 9.04. The topological polar surface area (TPSA) is 86.8 Å². The SMILES string of the molecule is CC[C@@H](C(=O)NC(C)(C)C)N(CCc1ccccc1)C(=O)CN(c1ccc(C)c(Cl)c1)S(=O)(=O)c1ccccc1. The summed E-state index contributed by atoms with van der Waals surface area (Å²) in [7, 11) is -4.13. The number of hydrogen-bond donors (Lipinski definition) is 1. The van der Waals surface area contributed by atoms with Crippen LogP contribution in [0.1, 0.15) is 45.2 Å². The number of anilines is 1. The van der Waals surface area contributed by atoms with Crippen molar-refractivity contribution in [3.8, 4) is 0 Å². The van der Waals surface area contributed by atoms with E-state index in [0.717, 1.165) is 15.4 Å². The lowest BCUT2D eigenvalue weighted by Crippen LogP contribution is -2.56. The van der Waals surface area contributed by atoms with Crippen molar-refractivity contribution in [1.29, 1.82) is 0 Å². The van der Waals surface area contributed by atoms with E-state index in [1.54, 1.807) is 36.4 Å². The largest absolute Gasteiger partial charge is 0.350 e. The molecule has 1 atom stereocenters. The number of aryl methyl sites for hydroxylation is 1. The Kier molecular flexibility index (Phi) is 10.4. The highest BCUT2D eigenvalue weighted by molar-refractivity contribution is 7.92. The summed E-state index contributed by atoms with van der Waals surface area (Å²) in [6.07, 6.45) is 0.873. The van der Waals surface area contributed by atoms with Gasteiger partial charge in [0.2, 0.25) is 11.8 Å². The van der Waals surface area contributed by atoms with E-state index in [-0.39, 0.29) is 23.0 Å². The first-order valence-corrected chi connectivity index (χ1v) is 15.1. The Labute approximate surface area is 243 Å². The van der Waals surface area contributed by atoms with Crippen molar-refractivity contribution in [1.82, 2.24) is 10.2 Å². The van der Waals surface area contributed by atoms with Gasteiger partial charge in [0.05, 0.1) is 10.6 Å². The van der Waals surface area contributed by atoms with E-state index in [1.165, 1.54) is 17.0 Å². The van der Waals surface area contributed by atoms with E-state index in [2.05, 4.69) is 5.32 Å². The molecule has 3 aromatic rings. The van der Waals surface area contributed by atoms with Gasteiger partial charge in [0.15, 0.2) is 0 Å². The number of hydrogen-bond acceptors (Lipinski definition) is 4. The zero-order chi connectivity index (χ0) is 29.5. The van der Waals surface area contributed by atoms with Gasteiger partial charge in [0.25, 0.3) is 10.0 Å². The molecule has 0 bridgehead atoms. The Bertz CT molecular complexity index is 1410. The van der Waals surface area contributed by atoms with Gasteiger partial charge in [-0.15, -0.1) is 0 Å². The van der Waals surface area contributed by atoms with Crippen molar-refractivity contribution in [2.24, 2.45) is 0 Å². The minimum atomic E-state index is -4.13. The van der Waals surface area contributed by atoms with Crippen LogP contribution in [-0.2, 0) is 26.0 Å². The number of benzene rings is 3. The van der Waals surface area contributed by atoms with Gasteiger partial charge in [-0.05, 0) is 75.9 Å². The second-order valence-electron chi connectivity index (χ2n) is 10.7. The van der Waals surface area contributed by atoms with Crippen LogP contribution < -0.4 is 9.62 Å². The predicted octanol–water partition coefficient (Wildman–Crippen LogP) is 5.61. The first-order chi connectivity index (χ1) is 18.8. The summed E-state index contributed by atoms with van der Waals surface area (Å²) in [5, 5.41) is 3.36. The minimum Gasteiger partial charge on any atom is -0.350 e. The van der Waals surface area contributed by atoms with Crippen LogP contribution in [0.4, 0.5) is 5.69 Å². The molecule has 0 aliphatic heterocycles. The van der Waals surface area contributed by atoms with Crippen LogP contribution in [-0.4, -0.2) is 49.8 Å². The maximum Gasteiger partial charge on any atom is 0.264 e. The van der Waals surface area contributed by atoms with Crippen LogP contribution >= 0.6 is 11.6 Å². The van der Waals surface area contributed by atoms with Gasteiger partial charge >= 0.3 is 0 Å². The summed E-state index contributed by atoms with van der Waals surface area (Å²) in [5.41, 5.74) is 1.55. The van der Waals surface area contributed by atoms with Crippen molar-refractivity contribution in [3.63, 3.8) is 0 Å². The normalized spacial score (nSPS) is 12.4. The zero-order valence-corrected chi connectivity index (χ0v) is 25.3. The second-order valence-corrected chi connectivity index (χ2v) is 13.0. The summed E-state index contributed by atoms with van der Waals surface area (Å²) in [5.74, 6) is -0.768. The average Bonchev–Trinajstić information content (AvgIpc) is 2.91. The number of nitrogens with zero attached hydrogens (tertiary/aromatic N) is 2. The smallest absolute Gasteiger partial charge is 0.264 e. The molecule has 1 N–H and O–H groups in total. The monoisotopic (exact) mass is 583 g/mol. The van der Waals surface area contributed by atoms with Gasteiger partial charge in [-0.2, -0.15) is 0 Å². The Morgan fingerprint density at radius 1 is 0.950 bits per heavy atom. The molecule has 0 aromatic heterocycles. The van der Waals surface area contributed by atoms with Crippen molar-refractivity contribution in [3.05, 3.63) is 95.0 Å². The fourth-order valence-corrected chi connectivity index (χ4v) is 5.94. The molecule has 9 heteroatoms. The standard InChI is InChI=1S/C31H38ClN3O4S/c1-6-28(30(37)33-31(3,4)5)34(20-19-24-13-9-7-10-14-24)29(36)22-35(25-18-17-23(2)27(32)21-25)40(38,39)26-15-11-8-12-16-26/h7-18,21,28H,6,19-20,22H2,1-5H3,(H,33,37)/t28-/m0/s1. The molecule has 0 aliphatic rings. The molecule has 0 saturated carbocycles. The highest BCUT2D eigenvalue weighted by Gasteiger charge is 2.34. The maximum atomic E-state index is 14.1. The van der Waals surface area contributed by atoms with E-state index in [9.17, 15) is 18.0 Å². The molecule has 0 saturated heterocycles. The highest BCUT2D eigenvalue weighted by atomic mass is 35.5. The molecular formula is C31H38ClN3O4S. The predicted molar refractivity (Wildman–Crippen MR) is 161 cm³/mol. The third kappa shape index (κ3) is 8.08. The summed E-state index contributed by atoms with van der Waals surface area (Å²) in [6, 6.07) is 21.7. The van der Waals surface area contributed by atoms with Crippen LogP contribution in [0.2, 0.25) is 5.02 Å². The van der Waals surface area contributed by atoms with Crippen LogP contribution in [0.25, 0.3) is 0 Å². The average molecular weight is 584 g/mol. The van der Waals surface area contributed by atoms with Gasteiger partial charge in [-0.1, -0.05) is 73.1 Å². The van der Waals surface area contributed by atoms with Crippen molar-refractivity contribution in [2.75, 3.05) is 17.4 Å². The van der Waals surface area contributed by atoms with Gasteiger partial charge in [-0.3, -0.25) is 13.9 Å². The Morgan fingerprint density at radius 2 is 1.55 bits per heavy atom. The van der Waals surface area contributed by atoms with Gasteiger partial charge in [-0.25, -0.2) is 8.42 Å². The van der Waals surface area contributed by atoms with Crippen molar-refractivity contribution in [2.45, 2.75) is 63.9 Å². The van der Waals surface area contributed by atoms with E-state index in [1.807, 2.05) is 65.0 Å². The van der Waals surface area contributed by atoms with Gasteiger partial charge in [0, 0.05) is 17.1 Å². The van der Waals surface area contributed by atoms with Crippen LogP contribution in [0.15, 0.2) is 83.8 Å². The number of carbonyl (C=O) groups is 2. The van der Waals surface area contributed by atoms with E-state index >= 15 is 0 Å². The Morgan fingerprint density at radius 3 is 2.10 bits per heavy atom. The quantitative estimate of drug-likeness (QED) is 0.318. The maximum absolute atomic E-state index is 14.1. The fraction of sp³-hybridized carbons (Fsp3) is 0.355. The first-order valence-electron chi connectivity index (χ1n) is 13.3. The number of carbonyl (C=O) groups excluding carboxylic acids is 2.